The Hall–Kier alpha value is -2.03. The predicted molar refractivity (Wildman–Crippen MR) is 59.9 cm³/mol. The Labute approximate surface area is 87.8 Å². The molecule has 74 valence electrons. The Bertz CT molecular complexity index is 480. The predicted octanol–water partition coefficient (Wildman–Crippen LogP) is 3.45. The molecule has 0 unspecified atom stereocenters. The maximum atomic E-state index is 10.4. The number of benzene rings is 1. The number of nitroso groups, excluding NO2 is 1. The van der Waals surface area contributed by atoms with Gasteiger partial charge in [0.1, 0.15) is 5.69 Å². The molecule has 0 atom stereocenters. The van der Waals surface area contributed by atoms with E-state index in [4.69, 9.17) is 0 Å². The lowest BCUT2D eigenvalue weighted by atomic mass is 10.1. The minimum atomic E-state index is 0.398. The van der Waals surface area contributed by atoms with Crippen LogP contribution in [-0.4, -0.2) is 4.98 Å². The molecule has 0 N–H and O–H groups in total. The van der Waals surface area contributed by atoms with Gasteiger partial charge in [-0.15, -0.1) is 4.91 Å². The lowest BCUT2D eigenvalue weighted by molar-refractivity contribution is 1.19. The van der Waals surface area contributed by atoms with Gasteiger partial charge in [-0.05, 0) is 24.2 Å². The van der Waals surface area contributed by atoms with Crippen molar-refractivity contribution in [3.05, 3.63) is 53.1 Å². The molecule has 2 rings (SSSR count). The highest BCUT2D eigenvalue weighted by Crippen LogP contribution is 2.22. The van der Waals surface area contributed by atoms with Crippen LogP contribution in [0.15, 0.2) is 47.6 Å². The SMILES string of the molecule is Cc1nc(-c2ccccc2)ccc1N=O. The van der Waals surface area contributed by atoms with Crippen molar-refractivity contribution in [2.24, 2.45) is 5.18 Å². The summed E-state index contributed by atoms with van der Waals surface area (Å²) >= 11 is 0. The molecule has 1 heterocycles. The molecule has 3 heteroatoms. The zero-order valence-electron chi connectivity index (χ0n) is 8.34. The van der Waals surface area contributed by atoms with E-state index in [9.17, 15) is 4.91 Å². The molecule has 15 heavy (non-hydrogen) atoms. The molecular weight excluding hydrogens is 188 g/mol. The summed E-state index contributed by atoms with van der Waals surface area (Å²) in [6.07, 6.45) is 0. The van der Waals surface area contributed by atoms with E-state index in [1.54, 1.807) is 19.1 Å². The van der Waals surface area contributed by atoms with E-state index < -0.39 is 0 Å². The fourth-order valence-corrected chi connectivity index (χ4v) is 1.42. The van der Waals surface area contributed by atoms with Gasteiger partial charge in [-0.3, -0.25) is 4.98 Å². The summed E-state index contributed by atoms with van der Waals surface area (Å²) in [6, 6.07) is 13.3. The number of hydrogen-bond donors (Lipinski definition) is 0. The fraction of sp³-hybridized carbons (Fsp3) is 0.0833. The van der Waals surface area contributed by atoms with Crippen LogP contribution < -0.4 is 0 Å². The topological polar surface area (TPSA) is 42.3 Å². The zero-order chi connectivity index (χ0) is 10.7. The average Bonchev–Trinajstić information content (AvgIpc) is 2.30. The Balaban J connectivity index is 2.47. The molecule has 0 fully saturated rings. The summed E-state index contributed by atoms with van der Waals surface area (Å²) < 4.78 is 0. The summed E-state index contributed by atoms with van der Waals surface area (Å²) in [5.74, 6) is 0. The summed E-state index contributed by atoms with van der Waals surface area (Å²) in [5.41, 5.74) is 2.96. The molecule has 0 radical (unpaired) electrons. The molecule has 1 aromatic carbocycles. The number of nitrogens with zero attached hydrogens (tertiary/aromatic N) is 2. The third kappa shape index (κ3) is 1.91. The van der Waals surface area contributed by atoms with Crippen molar-refractivity contribution < 1.29 is 0 Å². The summed E-state index contributed by atoms with van der Waals surface area (Å²) in [5, 5.41) is 2.89. The van der Waals surface area contributed by atoms with Gasteiger partial charge in [0, 0.05) is 5.56 Å². The quantitative estimate of drug-likeness (QED) is 0.693. The molecule has 0 saturated carbocycles. The smallest absolute Gasteiger partial charge is 0.129 e. The van der Waals surface area contributed by atoms with Crippen LogP contribution in [0, 0.1) is 11.8 Å². The molecule has 0 amide bonds. The van der Waals surface area contributed by atoms with Gasteiger partial charge in [-0.25, -0.2) is 0 Å². The molecule has 1 aromatic heterocycles. The van der Waals surface area contributed by atoms with E-state index in [0.29, 0.717) is 11.4 Å². The normalized spacial score (nSPS) is 9.93. The number of aryl methyl sites for hydroxylation is 1. The molecule has 0 aliphatic carbocycles. The molecule has 0 spiro atoms. The van der Waals surface area contributed by atoms with Crippen LogP contribution in [0.3, 0.4) is 0 Å². The van der Waals surface area contributed by atoms with Crippen LogP contribution in [0.1, 0.15) is 5.69 Å². The highest BCUT2D eigenvalue weighted by molar-refractivity contribution is 5.61. The van der Waals surface area contributed by atoms with Crippen LogP contribution in [0.4, 0.5) is 5.69 Å². The van der Waals surface area contributed by atoms with Gasteiger partial charge in [0.2, 0.25) is 0 Å². The van der Waals surface area contributed by atoms with Crippen molar-refractivity contribution in [1.29, 1.82) is 0 Å². The first kappa shape index (κ1) is 9.52. The van der Waals surface area contributed by atoms with Crippen LogP contribution in [0.2, 0.25) is 0 Å². The number of rotatable bonds is 2. The van der Waals surface area contributed by atoms with Gasteiger partial charge in [0.25, 0.3) is 0 Å². The van der Waals surface area contributed by atoms with Crippen molar-refractivity contribution >= 4 is 5.69 Å². The van der Waals surface area contributed by atoms with Crippen LogP contribution in [-0.2, 0) is 0 Å². The van der Waals surface area contributed by atoms with Gasteiger partial charge in [-0.1, -0.05) is 30.3 Å². The molecule has 2 aromatic rings. The first-order valence-electron chi connectivity index (χ1n) is 4.67. The van der Waals surface area contributed by atoms with Crippen molar-refractivity contribution in [3.8, 4) is 11.3 Å². The van der Waals surface area contributed by atoms with E-state index in [0.717, 1.165) is 11.3 Å². The van der Waals surface area contributed by atoms with E-state index in [-0.39, 0.29) is 0 Å². The van der Waals surface area contributed by atoms with Crippen molar-refractivity contribution in [2.75, 3.05) is 0 Å². The maximum absolute atomic E-state index is 10.4. The van der Waals surface area contributed by atoms with Gasteiger partial charge in [0.15, 0.2) is 0 Å². The van der Waals surface area contributed by atoms with E-state index in [1.807, 2.05) is 30.3 Å². The lowest BCUT2D eigenvalue weighted by Gasteiger charge is -2.02. The largest absolute Gasteiger partial charge is 0.251 e. The Kier molecular flexibility index (Phi) is 2.54. The Morgan fingerprint density at radius 3 is 2.40 bits per heavy atom. The number of aromatic nitrogens is 1. The standard InChI is InChI=1S/C12H10N2O/c1-9-11(14-15)7-8-12(13-9)10-5-3-2-4-6-10/h2-8H,1H3. The minimum absolute atomic E-state index is 0.398. The van der Waals surface area contributed by atoms with Gasteiger partial charge >= 0.3 is 0 Å². The lowest BCUT2D eigenvalue weighted by Crippen LogP contribution is -1.86. The molecule has 0 aliphatic heterocycles. The van der Waals surface area contributed by atoms with Crippen molar-refractivity contribution in [1.82, 2.24) is 4.98 Å². The second-order valence-electron chi connectivity index (χ2n) is 3.26. The first-order valence-corrected chi connectivity index (χ1v) is 4.67. The van der Waals surface area contributed by atoms with Gasteiger partial charge < -0.3 is 0 Å². The first-order chi connectivity index (χ1) is 7.31. The highest BCUT2D eigenvalue weighted by atomic mass is 16.3. The third-order valence-corrected chi connectivity index (χ3v) is 2.23. The second-order valence-corrected chi connectivity index (χ2v) is 3.26. The van der Waals surface area contributed by atoms with Crippen molar-refractivity contribution in [2.45, 2.75) is 6.92 Å². The summed E-state index contributed by atoms with van der Waals surface area (Å²) in [4.78, 5) is 14.7. The van der Waals surface area contributed by atoms with E-state index in [2.05, 4.69) is 10.2 Å². The molecular formula is C12H10N2O. The third-order valence-electron chi connectivity index (χ3n) is 2.23. The second kappa shape index (κ2) is 4.00. The van der Waals surface area contributed by atoms with Crippen LogP contribution in [0.5, 0.6) is 0 Å². The molecule has 3 nitrogen and oxygen atoms in total. The minimum Gasteiger partial charge on any atom is -0.251 e. The Morgan fingerprint density at radius 1 is 1.07 bits per heavy atom. The number of hydrogen-bond acceptors (Lipinski definition) is 3. The molecule has 0 saturated heterocycles. The van der Waals surface area contributed by atoms with E-state index >= 15 is 0 Å². The van der Waals surface area contributed by atoms with Gasteiger partial charge in [0.05, 0.1) is 11.4 Å². The molecule has 0 aliphatic rings. The average molecular weight is 198 g/mol. The zero-order valence-corrected chi connectivity index (χ0v) is 8.34. The summed E-state index contributed by atoms with van der Waals surface area (Å²) in [7, 11) is 0. The summed E-state index contributed by atoms with van der Waals surface area (Å²) in [6.45, 7) is 1.78. The number of pyridine rings is 1. The van der Waals surface area contributed by atoms with Crippen molar-refractivity contribution in [3.63, 3.8) is 0 Å². The Morgan fingerprint density at radius 2 is 1.80 bits per heavy atom. The molecule has 0 bridgehead atoms. The van der Waals surface area contributed by atoms with Crippen LogP contribution >= 0.6 is 0 Å². The van der Waals surface area contributed by atoms with E-state index in [1.165, 1.54) is 0 Å². The fourth-order valence-electron chi connectivity index (χ4n) is 1.42. The monoisotopic (exact) mass is 198 g/mol. The highest BCUT2D eigenvalue weighted by Gasteiger charge is 2.02. The maximum Gasteiger partial charge on any atom is 0.129 e. The van der Waals surface area contributed by atoms with Crippen LogP contribution in [0.25, 0.3) is 11.3 Å². The van der Waals surface area contributed by atoms with Gasteiger partial charge in [-0.2, -0.15) is 0 Å².